The molecular formula is C12H19NO2. The first-order chi connectivity index (χ1) is 6.76. The Morgan fingerprint density at radius 2 is 1.67 bits per heavy atom. The molecule has 1 aromatic rings. The summed E-state index contributed by atoms with van der Waals surface area (Å²) in [6.45, 7) is 9.46. The molecule has 0 aliphatic rings. The van der Waals surface area contributed by atoms with Crippen molar-refractivity contribution < 1.29 is 5.11 Å². The molecule has 3 heteroatoms. The van der Waals surface area contributed by atoms with Gasteiger partial charge in [-0.1, -0.05) is 0 Å². The van der Waals surface area contributed by atoms with Crippen LogP contribution in [0, 0.1) is 13.8 Å². The molecule has 84 valence electrons. The fourth-order valence-corrected chi connectivity index (χ4v) is 1.96. The van der Waals surface area contributed by atoms with Gasteiger partial charge in [0.25, 0.3) is 0 Å². The summed E-state index contributed by atoms with van der Waals surface area (Å²) in [6.07, 6.45) is -0.475. The minimum absolute atomic E-state index is 0.0163. The summed E-state index contributed by atoms with van der Waals surface area (Å²) in [5.41, 5.74) is 1.38. The van der Waals surface area contributed by atoms with Crippen LogP contribution in [0.25, 0.3) is 0 Å². The van der Waals surface area contributed by atoms with Gasteiger partial charge in [-0.15, -0.1) is 0 Å². The van der Waals surface area contributed by atoms with Gasteiger partial charge in [0.2, 0.25) is 0 Å². The monoisotopic (exact) mass is 209 g/mol. The van der Waals surface area contributed by atoms with Crippen LogP contribution in [0.3, 0.4) is 0 Å². The molecule has 1 N–H and O–H groups in total. The van der Waals surface area contributed by atoms with Gasteiger partial charge in [0.05, 0.1) is 11.6 Å². The lowest BCUT2D eigenvalue weighted by atomic mass is 9.96. The predicted molar refractivity (Wildman–Crippen MR) is 61.2 cm³/mol. The topological polar surface area (TPSA) is 42.2 Å². The molecule has 1 atom stereocenters. The molecule has 0 aliphatic carbocycles. The molecule has 0 bridgehead atoms. The third-order valence-electron chi connectivity index (χ3n) is 3.01. The van der Waals surface area contributed by atoms with Gasteiger partial charge in [-0.3, -0.25) is 4.79 Å². The zero-order valence-corrected chi connectivity index (χ0v) is 10.0. The molecule has 0 spiro atoms. The fourth-order valence-electron chi connectivity index (χ4n) is 1.96. The molecule has 0 saturated heterocycles. The third kappa shape index (κ3) is 2.12. The van der Waals surface area contributed by atoms with E-state index in [0.29, 0.717) is 0 Å². The number of rotatable bonds is 2. The van der Waals surface area contributed by atoms with Crippen molar-refractivity contribution in [3.8, 4) is 0 Å². The van der Waals surface area contributed by atoms with Crippen LogP contribution in [0.2, 0.25) is 0 Å². The first-order valence-electron chi connectivity index (χ1n) is 5.15. The number of hydrogen-bond donors (Lipinski definition) is 1. The van der Waals surface area contributed by atoms with E-state index >= 15 is 0 Å². The van der Waals surface area contributed by atoms with Gasteiger partial charge in [-0.25, -0.2) is 0 Å². The van der Waals surface area contributed by atoms with Crippen molar-refractivity contribution in [3.05, 3.63) is 33.7 Å². The van der Waals surface area contributed by atoms with E-state index < -0.39 is 11.6 Å². The van der Waals surface area contributed by atoms with Gasteiger partial charge in [-0.2, -0.15) is 0 Å². The Balaban J connectivity index is 3.44. The highest BCUT2D eigenvalue weighted by Crippen LogP contribution is 2.23. The fraction of sp³-hybridized carbons (Fsp3) is 0.583. The number of aromatic nitrogens is 1. The summed E-state index contributed by atoms with van der Waals surface area (Å²) in [5.74, 6) is 0. The molecule has 15 heavy (non-hydrogen) atoms. The number of aryl methyl sites for hydroxylation is 2. The average molecular weight is 209 g/mol. The molecule has 1 aromatic heterocycles. The number of aliphatic hydroxyl groups is 1. The normalized spacial score (nSPS) is 14.0. The molecule has 1 rings (SSSR count). The molecule has 1 heterocycles. The summed E-state index contributed by atoms with van der Waals surface area (Å²) in [5, 5.41) is 9.75. The molecule has 3 nitrogen and oxygen atoms in total. The van der Waals surface area contributed by atoms with E-state index in [-0.39, 0.29) is 5.43 Å². The summed E-state index contributed by atoms with van der Waals surface area (Å²) in [7, 11) is 0. The molecule has 0 aliphatic heterocycles. The van der Waals surface area contributed by atoms with E-state index in [1.165, 1.54) is 0 Å². The van der Waals surface area contributed by atoms with Gasteiger partial charge >= 0.3 is 0 Å². The molecule has 0 aromatic carbocycles. The predicted octanol–water partition coefficient (Wildman–Crippen LogP) is 1.58. The van der Waals surface area contributed by atoms with Crippen molar-refractivity contribution in [3.63, 3.8) is 0 Å². The maximum absolute atomic E-state index is 11.3. The number of aliphatic hydroxyl groups excluding tert-OH is 1. The smallest absolute Gasteiger partial charge is 0.182 e. The van der Waals surface area contributed by atoms with Crippen molar-refractivity contribution in [1.29, 1.82) is 0 Å². The zero-order valence-electron chi connectivity index (χ0n) is 10.0. The summed E-state index contributed by atoms with van der Waals surface area (Å²) in [4.78, 5) is 11.3. The van der Waals surface area contributed by atoms with Crippen LogP contribution in [0.4, 0.5) is 0 Å². The second-order valence-electron chi connectivity index (χ2n) is 4.64. The van der Waals surface area contributed by atoms with E-state index in [1.807, 2.05) is 32.3 Å². The summed E-state index contributed by atoms with van der Waals surface area (Å²) >= 11 is 0. The zero-order chi connectivity index (χ0) is 11.8. The maximum atomic E-state index is 11.3. The molecule has 0 saturated carbocycles. The second-order valence-corrected chi connectivity index (χ2v) is 4.64. The van der Waals surface area contributed by atoms with E-state index in [2.05, 4.69) is 0 Å². The SMILES string of the molecule is Cc1cc(=O)cc(C)n1C(C)(C)C(C)O. The van der Waals surface area contributed by atoms with Crippen molar-refractivity contribution in [1.82, 2.24) is 4.57 Å². The minimum atomic E-state index is -0.475. The van der Waals surface area contributed by atoms with Gasteiger partial charge in [0.1, 0.15) is 0 Å². The molecule has 0 radical (unpaired) electrons. The summed E-state index contributed by atoms with van der Waals surface area (Å²) < 4.78 is 2.00. The third-order valence-corrected chi connectivity index (χ3v) is 3.01. The standard InChI is InChI=1S/C12H19NO2/c1-8-6-11(15)7-9(2)13(8)12(4,5)10(3)14/h6-7,10,14H,1-5H3. The van der Waals surface area contributed by atoms with Gasteiger partial charge in [0.15, 0.2) is 5.43 Å². The lowest BCUT2D eigenvalue weighted by Gasteiger charge is -2.35. The Morgan fingerprint density at radius 1 is 1.27 bits per heavy atom. The van der Waals surface area contributed by atoms with Crippen molar-refractivity contribution in [2.75, 3.05) is 0 Å². The Kier molecular flexibility index (Phi) is 3.05. The minimum Gasteiger partial charge on any atom is -0.391 e. The van der Waals surface area contributed by atoms with Crippen LogP contribution in [-0.4, -0.2) is 15.8 Å². The van der Waals surface area contributed by atoms with Crippen LogP contribution >= 0.6 is 0 Å². The van der Waals surface area contributed by atoms with Gasteiger partial charge < -0.3 is 9.67 Å². The summed E-state index contributed by atoms with van der Waals surface area (Å²) in [6, 6.07) is 3.19. The second kappa shape index (κ2) is 3.81. The van der Waals surface area contributed by atoms with Crippen LogP contribution in [0.15, 0.2) is 16.9 Å². The number of pyridine rings is 1. The van der Waals surface area contributed by atoms with Crippen molar-refractivity contribution >= 4 is 0 Å². The Labute approximate surface area is 90.4 Å². The number of hydrogen-bond acceptors (Lipinski definition) is 2. The first-order valence-corrected chi connectivity index (χ1v) is 5.15. The molecule has 0 fully saturated rings. The average Bonchev–Trinajstić information content (AvgIpc) is 2.00. The van der Waals surface area contributed by atoms with Gasteiger partial charge in [0, 0.05) is 23.5 Å². The van der Waals surface area contributed by atoms with E-state index in [4.69, 9.17) is 0 Å². The van der Waals surface area contributed by atoms with E-state index in [9.17, 15) is 9.90 Å². The first kappa shape index (κ1) is 12.0. The van der Waals surface area contributed by atoms with Crippen LogP contribution in [0.5, 0.6) is 0 Å². The molecular weight excluding hydrogens is 190 g/mol. The van der Waals surface area contributed by atoms with Crippen molar-refractivity contribution in [2.24, 2.45) is 0 Å². The van der Waals surface area contributed by atoms with Gasteiger partial charge in [-0.05, 0) is 34.6 Å². The Morgan fingerprint density at radius 3 is 2.00 bits per heavy atom. The van der Waals surface area contributed by atoms with Crippen molar-refractivity contribution in [2.45, 2.75) is 46.3 Å². The highest BCUT2D eigenvalue weighted by molar-refractivity contribution is 5.15. The molecule has 1 unspecified atom stereocenters. The highest BCUT2D eigenvalue weighted by atomic mass is 16.3. The quantitative estimate of drug-likeness (QED) is 0.803. The lowest BCUT2D eigenvalue weighted by molar-refractivity contribution is 0.0701. The molecule has 0 amide bonds. The van der Waals surface area contributed by atoms with E-state index in [1.54, 1.807) is 19.1 Å². The Bertz CT molecular complexity index is 390. The highest BCUT2D eigenvalue weighted by Gasteiger charge is 2.27. The van der Waals surface area contributed by atoms with Crippen LogP contribution in [0.1, 0.15) is 32.2 Å². The Hall–Kier alpha value is -1.09. The van der Waals surface area contributed by atoms with Crippen LogP contribution < -0.4 is 5.43 Å². The lowest BCUT2D eigenvalue weighted by Crippen LogP contribution is -2.40. The largest absolute Gasteiger partial charge is 0.391 e. The van der Waals surface area contributed by atoms with Crippen LogP contribution in [-0.2, 0) is 5.54 Å². The number of nitrogens with zero attached hydrogens (tertiary/aromatic N) is 1. The van der Waals surface area contributed by atoms with E-state index in [0.717, 1.165) is 11.4 Å². The maximum Gasteiger partial charge on any atom is 0.182 e.